The van der Waals surface area contributed by atoms with Crippen molar-refractivity contribution in [1.82, 2.24) is 13.9 Å². The lowest BCUT2D eigenvalue weighted by Gasteiger charge is -2.52. The van der Waals surface area contributed by atoms with E-state index in [0.717, 1.165) is 5.82 Å². The summed E-state index contributed by atoms with van der Waals surface area (Å²) in [7, 11) is -1.71. The molecular formula is C15H20N4O2S. The predicted octanol–water partition coefficient (Wildman–Crippen LogP) is 1.77. The number of nitrogens with zero attached hydrogens (tertiary/aromatic N) is 3. The molecule has 1 aromatic heterocycles. The first-order chi connectivity index (χ1) is 10.2. The van der Waals surface area contributed by atoms with Gasteiger partial charge in [-0.05, 0) is 18.2 Å². The largest absolute Gasteiger partial charge is 0.399 e. The monoisotopic (exact) mass is 320 g/mol. The van der Waals surface area contributed by atoms with Gasteiger partial charge in [0, 0.05) is 37.1 Å². The van der Waals surface area contributed by atoms with Gasteiger partial charge in [-0.2, -0.15) is 4.31 Å². The van der Waals surface area contributed by atoms with Gasteiger partial charge >= 0.3 is 0 Å². The Morgan fingerprint density at radius 2 is 2.09 bits per heavy atom. The SMILES string of the molecule is Cn1ccnc1[C@H]1N(S(=O)(=O)c2cccc(N)c2)CC1(C)C. The molecule has 0 amide bonds. The van der Waals surface area contributed by atoms with Crippen molar-refractivity contribution >= 4 is 15.7 Å². The van der Waals surface area contributed by atoms with Crippen LogP contribution in [-0.2, 0) is 17.1 Å². The van der Waals surface area contributed by atoms with Crippen LogP contribution < -0.4 is 5.73 Å². The molecule has 7 heteroatoms. The molecule has 2 heterocycles. The summed E-state index contributed by atoms with van der Waals surface area (Å²) in [5.41, 5.74) is 6.00. The zero-order chi connectivity index (χ0) is 16.1. The third-order valence-electron chi connectivity index (χ3n) is 4.16. The van der Waals surface area contributed by atoms with Crippen LogP contribution in [0, 0.1) is 5.41 Å². The van der Waals surface area contributed by atoms with Crippen molar-refractivity contribution < 1.29 is 8.42 Å². The fourth-order valence-corrected chi connectivity index (χ4v) is 4.98. The molecule has 0 unspecified atom stereocenters. The molecule has 0 spiro atoms. The van der Waals surface area contributed by atoms with Crippen LogP contribution in [0.3, 0.4) is 0 Å². The molecule has 6 nitrogen and oxygen atoms in total. The lowest BCUT2D eigenvalue weighted by molar-refractivity contribution is 0.0120. The van der Waals surface area contributed by atoms with Crippen LogP contribution >= 0.6 is 0 Å². The van der Waals surface area contributed by atoms with Crippen molar-refractivity contribution in [2.24, 2.45) is 12.5 Å². The van der Waals surface area contributed by atoms with Gasteiger partial charge in [-0.1, -0.05) is 19.9 Å². The molecule has 0 radical (unpaired) electrons. The zero-order valence-corrected chi connectivity index (χ0v) is 13.7. The highest BCUT2D eigenvalue weighted by Crippen LogP contribution is 2.50. The third-order valence-corrected chi connectivity index (χ3v) is 5.97. The van der Waals surface area contributed by atoms with Gasteiger partial charge in [-0.25, -0.2) is 13.4 Å². The van der Waals surface area contributed by atoms with Crippen molar-refractivity contribution in [3.8, 4) is 0 Å². The predicted molar refractivity (Wildman–Crippen MR) is 84.5 cm³/mol. The van der Waals surface area contributed by atoms with E-state index < -0.39 is 10.0 Å². The lowest BCUT2D eigenvalue weighted by atomic mass is 9.76. The van der Waals surface area contributed by atoms with E-state index in [9.17, 15) is 8.42 Å². The van der Waals surface area contributed by atoms with Crippen molar-refractivity contribution in [3.63, 3.8) is 0 Å². The average Bonchev–Trinajstić information content (AvgIpc) is 2.82. The van der Waals surface area contributed by atoms with Crippen molar-refractivity contribution in [3.05, 3.63) is 42.5 Å². The highest BCUT2D eigenvalue weighted by molar-refractivity contribution is 7.89. The molecule has 118 valence electrons. The molecule has 0 bridgehead atoms. The average molecular weight is 320 g/mol. The van der Waals surface area contributed by atoms with Crippen LogP contribution in [0.2, 0.25) is 0 Å². The number of sulfonamides is 1. The molecule has 2 N–H and O–H groups in total. The minimum absolute atomic E-state index is 0.160. The molecule has 0 saturated carbocycles. The minimum atomic E-state index is -3.59. The highest BCUT2D eigenvalue weighted by Gasteiger charge is 2.54. The number of nitrogen functional groups attached to an aromatic ring is 1. The van der Waals surface area contributed by atoms with Gasteiger partial charge in [0.05, 0.1) is 10.9 Å². The van der Waals surface area contributed by atoms with Gasteiger partial charge in [0.15, 0.2) is 0 Å². The first-order valence-corrected chi connectivity index (χ1v) is 8.52. The molecule has 1 fully saturated rings. The van der Waals surface area contributed by atoms with E-state index >= 15 is 0 Å². The summed E-state index contributed by atoms with van der Waals surface area (Å²) >= 11 is 0. The van der Waals surface area contributed by atoms with Gasteiger partial charge < -0.3 is 10.3 Å². The molecule has 1 aliphatic heterocycles. The van der Waals surface area contributed by atoms with E-state index in [4.69, 9.17) is 5.73 Å². The smallest absolute Gasteiger partial charge is 0.243 e. The van der Waals surface area contributed by atoms with E-state index in [-0.39, 0.29) is 16.4 Å². The van der Waals surface area contributed by atoms with E-state index in [2.05, 4.69) is 18.8 Å². The summed E-state index contributed by atoms with van der Waals surface area (Å²) < 4.78 is 29.2. The van der Waals surface area contributed by atoms with Crippen LogP contribution in [-0.4, -0.2) is 28.8 Å². The zero-order valence-electron chi connectivity index (χ0n) is 12.9. The molecule has 0 aliphatic carbocycles. The van der Waals surface area contributed by atoms with E-state index in [1.807, 2.05) is 17.8 Å². The first-order valence-electron chi connectivity index (χ1n) is 7.08. The van der Waals surface area contributed by atoms with Gasteiger partial charge in [0.1, 0.15) is 5.82 Å². The van der Waals surface area contributed by atoms with E-state index in [0.29, 0.717) is 12.2 Å². The second-order valence-corrected chi connectivity index (χ2v) is 8.30. The Labute approximate surface area is 130 Å². The van der Waals surface area contributed by atoms with E-state index in [1.54, 1.807) is 24.4 Å². The third kappa shape index (κ3) is 2.21. The van der Waals surface area contributed by atoms with Crippen LogP contribution in [0.25, 0.3) is 0 Å². The molecule has 1 atom stereocenters. The van der Waals surface area contributed by atoms with Crippen LogP contribution in [0.1, 0.15) is 25.7 Å². The molecule has 1 saturated heterocycles. The highest BCUT2D eigenvalue weighted by atomic mass is 32.2. The first kappa shape index (κ1) is 15.1. The number of rotatable bonds is 3. The molecule has 2 aromatic rings. The fourth-order valence-electron chi connectivity index (χ4n) is 3.01. The standard InChI is InChI=1S/C15H20N4O2S/c1-15(2)10-19(13(15)14-17-7-8-18(14)3)22(20,21)12-6-4-5-11(16)9-12/h4-9,13H,10,16H2,1-3H3/t13-/m1/s1. The van der Waals surface area contributed by atoms with Crippen LogP contribution in [0.4, 0.5) is 5.69 Å². The Kier molecular flexibility index (Phi) is 3.30. The quantitative estimate of drug-likeness (QED) is 0.874. The summed E-state index contributed by atoms with van der Waals surface area (Å²) in [5.74, 6) is 0.753. The molecule has 1 aliphatic rings. The van der Waals surface area contributed by atoms with Crippen LogP contribution in [0.15, 0.2) is 41.6 Å². The minimum Gasteiger partial charge on any atom is -0.399 e. The number of aryl methyl sites for hydroxylation is 1. The maximum atomic E-state index is 12.9. The second kappa shape index (κ2) is 4.82. The summed E-state index contributed by atoms with van der Waals surface area (Å²) in [5, 5.41) is 0. The van der Waals surface area contributed by atoms with Crippen molar-refractivity contribution in [2.45, 2.75) is 24.8 Å². The number of hydrogen-bond donors (Lipinski definition) is 1. The number of benzene rings is 1. The summed E-state index contributed by atoms with van der Waals surface area (Å²) in [6.45, 7) is 4.57. The van der Waals surface area contributed by atoms with Crippen molar-refractivity contribution in [1.29, 1.82) is 0 Å². The number of aromatic nitrogens is 2. The van der Waals surface area contributed by atoms with E-state index in [1.165, 1.54) is 10.4 Å². The van der Waals surface area contributed by atoms with Gasteiger partial charge in [0.2, 0.25) is 10.0 Å². The molecule has 3 rings (SSSR count). The van der Waals surface area contributed by atoms with Crippen LogP contribution in [0.5, 0.6) is 0 Å². The fraction of sp³-hybridized carbons (Fsp3) is 0.400. The van der Waals surface area contributed by atoms with Gasteiger partial charge in [-0.15, -0.1) is 0 Å². The number of nitrogens with two attached hydrogens (primary N) is 1. The molecule has 1 aromatic carbocycles. The maximum Gasteiger partial charge on any atom is 0.243 e. The molecule has 22 heavy (non-hydrogen) atoms. The Morgan fingerprint density at radius 3 is 2.64 bits per heavy atom. The summed E-state index contributed by atoms with van der Waals surface area (Å²) in [6, 6.07) is 6.12. The Bertz CT molecular complexity index is 810. The van der Waals surface area contributed by atoms with Gasteiger partial charge in [0.25, 0.3) is 0 Å². The van der Waals surface area contributed by atoms with Gasteiger partial charge in [-0.3, -0.25) is 0 Å². The maximum absolute atomic E-state index is 12.9. The normalized spacial score (nSPS) is 21.5. The summed E-state index contributed by atoms with van der Waals surface area (Å²) in [6.07, 6.45) is 3.52. The topological polar surface area (TPSA) is 81.2 Å². The Hall–Kier alpha value is -1.86. The lowest BCUT2D eigenvalue weighted by Crippen LogP contribution is -2.58. The van der Waals surface area contributed by atoms with Crippen molar-refractivity contribution in [2.75, 3.05) is 12.3 Å². The molecular weight excluding hydrogens is 300 g/mol. The number of imidazole rings is 1. The Balaban J connectivity index is 2.03. The second-order valence-electron chi connectivity index (χ2n) is 6.41. The Morgan fingerprint density at radius 1 is 1.36 bits per heavy atom. The number of anilines is 1. The summed E-state index contributed by atoms with van der Waals surface area (Å²) in [4.78, 5) is 4.56. The number of hydrogen-bond acceptors (Lipinski definition) is 4.